The highest BCUT2D eigenvalue weighted by molar-refractivity contribution is 5.64. The second-order valence-electron chi connectivity index (χ2n) is 4.83. The summed E-state index contributed by atoms with van der Waals surface area (Å²) in [7, 11) is 0. The van der Waals surface area contributed by atoms with Crippen molar-refractivity contribution in [2.45, 2.75) is 0 Å². The lowest BCUT2D eigenvalue weighted by Crippen LogP contribution is -2.08. The number of anilines is 2. The number of nitrogens with zero attached hydrogens (tertiary/aromatic N) is 12. The molecule has 0 aliphatic heterocycles. The van der Waals surface area contributed by atoms with Crippen LogP contribution in [0.3, 0.4) is 0 Å². The summed E-state index contributed by atoms with van der Waals surface area (Å²) in [5.41, 5.74) is 3.34. The Morgan fingerprint density at radius 2 is 1.20 bits per heavy atom. The van der Waals surface area contributed by atoms with Gasteiger partial charge in [-0.3, -0.25) is 0 Å². The largest absolute Gasteiger partial charge is 0.281 e. The van der Waals surface area contributed by atoms with Gasteiger partial charge in [0.15, 0.2) is 10.1 Å². The van der Waals surface area contributed by atoms with Crippen molar-refractivity contribution in [3.05, 3.63) is 20.2 Å². The topological polar surface area (TPSA) is 296 Å². The SMILES string of the molecule is O=[N+]([O-])Nc1nc(-c2nonc2N=Nc2nonc2-c2n[nH]c(N[N+](=O)[O-])n2)n[nH]1. The van der Waals surface area contributed by atoms with E-state index in [0.717, 1.165) is 0 Å². The minimum atomic E-state index is -0.846. The Morgan fingerprint density at radius 3 is 1.60 bits per heavy atom. The number of nitrogens with one attached hydrogen (secondary N) is 4. The van der Waals surface area contributed by atoms with Gasteiger partial charge < -0.3 is 0 Å². The van der Waals surface area contributed by atoms with Crippen LogP contribution in [0.1, 0.15) is 0 Å². The molecule has 0 spiro atoms. The normalized spacial score (nSPS) is 11.1. The van der Waals surface area contributed by atoms with E-state index in [-0.39, 0.29) is 46.6 Å². The highest BCUT2D eigenvalue weighted by Gasteiger charge is 2.21. The van der Waals surface area contributed by atoms with Crippen LogP contribution in [0.4, 0.5) is 23.5 Å². The van der Waals surface area contributed by atoms with E-state index in [9.17, 15) is 20.2 Å². The molecule has 4 N–H and O–H groups in total. The first-order chi connectivity index (χ1) is 14.5. The van der Waals surface area contributed by atoms with Crippen LogP contribution in [-0.4, -0.2) is 61.1 Å². The van der Waals surface area contributed by atoms with Crippen LogP contribution in [0, 0.1) is 20.2 Å². The Hall–Kier alpha value is -5.44. The summed E-state index contributed by atoms with van der Waals surface area (Å²) >= 11 is 0. The van der Waals surface area contributed by atoms with Gasteiger partial charge in [-0.1, -0.05) is 10.9 Å². The molecule has 22 heteroatoms. The zero-order chi connectivity index (χ0) is 21.1. The van der Waals surface area contributed by atoms with Crippen LogP contribution in [0.2, 0.25) is 0 Å². The molecule has 22 nitrogen and oxygen atoms in total. The Kier molecular flexibility index (Phi) is 4.36. The number of nitro groups is 2. The summed E-state index contributed by atoms with van der Waals surface area (Å²) in [6.45, 7) is 0. The van der Waals surface area contributed by atoms with Gasteiger partial charge in [-0.25, -0.2) is 39.7 Å². The predicted molar refractivity (Wildman–Crippen MR) is 84.8 cm³/mol. The fraction of sp³-hybridized carbons (Fsp3) is 0. The number of hydrogen-bond acceptors (Lipinski definition) is 16. The molecule has 4 aromatic rings. The molecular formula is C8H4N16O6. The fourth-order valence-corrected chi connectivity index (χ4v) is 1.88. The molecule has 0 saturated heterocycles. The van der Waals surface area contributed by atoms with E-state index in [4.69, 9.17) is 0 Å². The molecule has 0 aliphatic rings. The van der Waals surface area contributed by atoms with E-state index >= 15 is 0 Å². The third-order valence-electron chi connectivity index (χ3n) is 2.97. The first-order valence-electron chi connectivity index (χ1n) is 7.24. The molecule has 0 bridgehead atoms. The molecule has 0 radical (unpaired) electrons. The summed E-state index contributed by atoms with van der Waals surface area (Å²) in [5.74, 6) is -1.21. The van der Waals surface area contributed by atoms with Gasteiger partial charge in [0.25, 0.3) is 11.9 Å². The maximum Gasteiger partial charge on any atom is 0.281 e. The average molecular weight is 420 g/mol. The van der Waals surface area contributed by atoms with Crippen LogP contribution in [0.15, 0.2) is 19.5 Å². The van der Waals surface area contributed by atoms with Crippen LogP contribution in [0.5, 0.6) is 0 Å². The van der Waals surface area contributed by atoms with E-state index in [2.05, 4.69) is 70.5 Å². The van der Waals surface area contributed by atoms with Gasteiger partial charge in [0.05, 0.1) is 0 Å². The Balaban J connectivity index is 1.57. The molecule has 4 aromatic heterocycles. The molecule has 0 atom stereocenters. The number of hydrogen-bond donors (Lipinski definition) is 4. The van der Waals surface area contributed by atoms with Crippen molar-refractivity contribution in [1.82, 2.24) is 51.0 Å². The third-order valence-corrected chi connectivity index (χ3v) is 2.97. The van der Waals surface area contributed by atoms with E-state index in [1.54, 1.807) is 10.9 Å². The molecular weight excluding hydrogens is 416 g/mol. The predicted octanol–water partition coefficient (Wildman–Crippen LogP) is -0.355. The van der Waals surface area contributed by atoms with Crippen molar-refractivity contribution in [3.8, 4) is 23.0 Å². The maximum absolute atomic E-state index is 10.4. The molecule has 0 saturated carbocycles. The minimum Gasteiger partial charge on any atom is -0.241 e. The number of azo groups is 1. The molecule has 4 rings (SSSR count). The van der Waals surface area contributed by atoms with Crippen LogP contribution in [-0.2, 0) is 0 Å². The lowest BCUT2D eigenvalue weighted by Gasteiger charge is -1.88. The van der Waals surface area contributed by atoms with E-state index < -0.39 is 10.1 Å². The van der Waals surface area contributed by atoms with Crippen molar-refractivity contribution in [1.29, 1.82) is 0 Å². The van der Waals surface area contributed by atoms with Gasteiger partial charge in [0, 0.05) is 0 Å². The Morgan fingerprint density at radius 1 is 0.767 bits per heavy atom. The van der Waals surface area contributed by atoms with Crippen LogP contribution < -0.4 is 10.9 Å². The zero-order valence-corrected chi connectivity index (χ0v) is 13.8. The quantitative estimate of drug-likeness (QED) is 0.161. The highest BCUT2D eigenvalue weighted by Crippen LogP contribution is 2.29. The molecule has 30 heavy (non-hydrogen) atoms. The second kappa shape index (κ2) is 7.29. The van der Waals surface area contributed by atoms with Crippen molar-refractivity contribution in [2.24, 2.45) is 10.2 Å². The van der Waals surface area contributed by atoms with Crippen molar-refractivity contribution >= 4 is 23.5 Å². The van der Waals surface area contributed by atoms with Crippen molar-refractivity contribution in [3.63, 3.8) is 0 Å². The van der Waals surface area contributed by atoms with Crippen LogP contribution in [0.25, 0.3) is 23.0 Å². The molecule has 0 unspecified atom stereocenters. The first kappa shape index (κ1) is 17.9. The van der Waals surface area contributed by atoms with Crippen LogP contribution >= 0.6 is 0 Å². The van der Waals surface area contributed by atoms with E-state index in [1.807, 2.05) is 0 Å². The molecule has 0 aliphatic carbocycles. The van der Waals surface area contributed by atoms with Gasteiger partial charge in [-0.15, -0.1) is 20.4 Å². The Bertz CT molecular complexity index is 1140. The van der Waals surface area contributed by atoms with Crippen molar-refractivity contribution in [2.75, 3.05) is 10.9 Å². The standard InChI is InChI=1S/C8H4N16O6/c25-23(26)17-7-9-3(11-15-7)1-5(21-29-19-1)13-14-6-2(20-30-22-6)4-10-8(16-12-4)18-24(27)28/h(H2,9,11,15,17)(H2,10,12,16,18). The first-order valence-corrected chi connectivity index (χ1v) is 7.24. The molecule has 0 amide bonds. The molecule has 152 valence electrons. The summed E-state index contributed by atoms with van der Waals surface area (Å²) < 4.78 is 9.10. The summed E-state index contributed by atoms with van der Waals surface area (Å²) in [4.78, 5) is 28.4. The van der Waals surface area contributed by atoms with Gasteiger partial charge in [0.1, 0.15) is 0 Å². The summed E-state index contributed by atoms with van der Waals surface area (Å²) in [6, 6.07) is 0. The Labute approximate surface area is 159 Å². The van der Waals surface area contributed by atoms with E-state index in [1.165, 1.54) is 0 Å². The zero-order valence-electron chi connectivity index (χ0n) is 13.8. The number of hydrazine groups is 2. The number of aromatic amines is 2. The lowest BCUT2D eigenvalue weighted by molar-refractivity contribution is -0.446. The van der Waals surface area contributed by atoms with Gasteiger partial charge >= 0.3 is 0 Å². The monoisotopic (exact) mass is 420 g/mol. The molecule has 0 fully saturated rings. The number of H-pyrrole nitrogens is 2. The highest BCUT2D eigenvalue weighted by atomic mass is 16.7. The average Bonchev–Trinajstić information content (AvgIpc) is 3.45. The van der Waals surface area contributed by atoms with Gasteiger partial charge in [-0.05, 0) is 20.6 Å². The second-order valence-corrected chi connectivity index (χ2v) is 4.83. The fourth-order valence-electron chi connectivity index (χ4n) is 1.88. The van der Waals surface area contributed by atoms with Gasteiger partial charge in [-0.2, -0.15) is 9.97 Å². The van der Waals surface area contributed by atoms with Gasteiger partial charge in [0.2, 0.25) is 34.7 Å². The smallest absolute Gasteiger partial charge is 0.241 e. The maximum atomic E-state index is 10.4. The molecule has 0 aromatic carbocycles. The number of rotatable bonds is 8. The van der Waals surface area contributed by atoms with E-state index in [0.29, 0.717) is 0 Å². The van der Waals surface area contributed by atoms with Crippen molar-refractivity contribution < 1.29 is 19.3 Å². The minimum absolute atomic E-state index is 0.0974. The lowest BCUT2D eigenvalue weighted by atomic mass is 10.4. The number of aromatic nitrogens is 10. The molecule has 4 heterocycles. The summed E-state index contributed by atoms with van der Waals surface area (Å²) in [5, 5.41) is 52.7. The third kappa shape index (κ3) is 3.66. The summed E-state index contributed by atoms with van der Waals surface area (Å²) in [6.07, 6.45) is 0.